The van der Waals surface area contributed by atoms with Crippen LogP contribution in [0.4, 0.5) is 4.39 Å². The molecule has 0 aromatic heterocycles. The fourth-order valence-corrected chi connectivity index (χ4v) is 3.93. The van der Waals surface area contributed by atoms with Crippen molar-refractivity contribution in [2.45, 2.75) is 30.0 Å². The Bertz CT molecular complexity index is 851. The second-order valence-corrected chi connectivity index (χ2v) is 8.96. The Kier molecular flexibility index (Phi) is 7.23. The lowest BCUT2D eigenvalue weighted by atomic mass is 10.0. The number of amides is 1. The van der Waals surface area contributed by atoms with Crippen molar-refractivity contribution in [1.29, 1.82) is 0 Å². The summed E-state index contributed by atoms with van der Waals surface area (Å²) >= 11 is 1.35. The molecule has 7 heteroatoms. The summed E-state index contributed by atoms with van der Waals surface area (Å²) in [5, 5.41) is 2.94. The Morgan fingerprint density at radius 1 is 1.15 bits per heavy atom. The van der Waals surface area contributed by atoms with Crippen molar-refractivity contribution in [3.63, 3.8) is 0 Å². The fourth-order valence-electron chi connectivity index (χ4n) is 2.47. The number of halogens is 1. The van der Waals surface area contributed by atoms with E-state index in [0.29, 0.717) is 17.7 Å². The van der Waals surface area contributed by atoms with E-state index < -0.39 is 9.84 Å². The van der Waals surface area contributed by atoms with Gasteiger partial charge in [-0.25, -0.2) is 12.8 Å². The maximum Gasteiger partial charge on any atom is 0.230 e. The normalized spacial score (nSPS) is 12.6. The van der Waals surface area contributed by atoms with Crippen LogP contribution in [0, 0.1) is 5.82 Å². The fraction of sp³-hybridized carbons (Fsp3) is 0.316. The van der Waals surface area contributed by atoms with Gasteiger partial charge in [-0.05, 0) is 35.7 Å². The Labute approximate surface area is 158 Å². The highest BCUT2D eigenvalue weighted by Gasteiger charge is 2.14. The van der Waals surface area contributed by atoms with Crippen molar-refractivity contribution >= 4 is 27.5 Å². The van der Waals surface area contributed by atoms with E-state index >= 15 is 0 Å². The van der Waals surface area contributed by atoms with Gasteiger partial charge in [0.05, 0.1) is 16.7 Å². The molecule has 0 bridgehead atoms. The molecule has 0 aliphatic heterocycles. The zero-order chi connectivity index (χ0) is 19.2. The van der Waals surface area contributed by atoms with Gasteiger partial charge in [0.1, 0.15) is 5.82 Å². The number of nitrogens with one attached hydrogen (secondary N) is 1. The summed E-state index contributed by atoms with van der Waals surface area (Å²) < 4.78 is 36.6. The molecule has 1 amide bonds. The van der Waals surface area contributed by atoms with E-state index in [1.165, 1.54) is 17.8 Å². The molecular weight excluding hydrogens is 373 g/mol. The number of carbonyl (C=O) groups excluding carboxylic acids is 1. The Morgan fingerprint density at radius 3 is 2.38 bits per heavy atom. The van der Waals surface area contributed by atoms with Gasteiger partial charge in [0.2, 0.25) is 5.91 Å². The van der Waals surface area contributed by atoms with Crippen LogP contribution >= 0.6 is 11.8 Å². The minimum absolute atomic E-state index is 0.134. The molecule has 4 nitrogen and oxygen atoms in total. The predicted molar refractivity (Wildman–Crippen MR) is 103 cm³/mol. The minimum Gasteiger partial charge on any atom is -0.349 e. The third-order valence-corrected chi connectivity index (χ3v) is 6.01. The maximum atomic E-state index is 13.6. The summed E-state index contributed by atoms with van der Waals surface area (Å²) in [6.45, 7) is 1.95. The van der Waals surface area contributed by atoms with Crippen LogP contribution in [0.5, 0.6) is 0 Å². The summed E-state index contributed by atoms with van der Waals surface area (Å²) in [5.74, 6) is 0.259. The van der Waals surface area contributed by atoms with Crippen molar-refractivity contribution < 1.29 is 17.6 Å². The van der Waals surface area contributed by atoms with Crippen molar-refractivity contribution in [3.05, 3.63) is 65.5 Å². The molecule has 0 aliphatic carbocycles. The average molecular weight is 396 g/mol. The molecule has 2 aromatic carbocycles. The molecule has 1 N–H and O–H groups in total. The van der Waals surface area contributed by atoms with Crippen molar-refractivity contribution in [3.8, 4) is 0 Å². The first-order valence-corrected chi connectivity index (χ1v) is 11.3. The standard InChI is InChI=1S/C19H22FNO3S2/c1-3-18(14-8-10-16(11-9-14)26(2,23)24)21-19(22)13-25-12-15-6-4-5-7-17(15)20/h4-11,18H,3,12-13H2,1-2H3,(H,21,22). The lowest BCUT2D eigenvalue weighted by Gasteiger charge is -2.18. The number of hydrogen-bond donors (Lipinski definition) is 1. The van der Waals surface area contributed by atoms with E-state index in [-0.39, 0.29) is 28.4 Å². The van der Waals surface area contributed by atoms with Gasteiger partial charge in [0.25, 0.3) is 0 Å². The molecule has 2 rings (SSSR count). The summed E-state index contributed by atoms with van der Waals surface area (Å²) in [6, 6.07) is 12.9. The highest BCUT2D eigenvalue weighted by atomic mass is 32.2. The van der Waals surface area contributed by atoms with Gasteiger partial charge in [-0.3, -0.25) is 4.79 Å². The van der Waals surface area contributed by atoms with Crippen LogP contribution in [0.15, 0.2) is 53.4 Å². The molecule has 2 aromatic rings. The first kappa shape index (κ1) is 20.5. The van der Waals surface area contributed by atoms with E-state index in [9.17, 15) is 17.6 Å². The monoisotopic (exact) mass is 395 g/mol. The van der Waals surface area contributed by atoms with Gasteiger partial charge in [0, 0.05) is 12.0 Å². The minimum atomic E-state index is -3.24. The zero-order valence-corrected chi connectivity index (χ0v) is 16.4. The highest BCUT2D eigenvalue weighted by molar-refractivity contribution is 7.99. The maximum absolute atomic E-state index is 13.6. The SMILES string of the molecule is CCC(NC(=O)CSCc1ccccc1F)c1ccc(S(C)(=O)=O)cc1. The second kappa shape index (κ2) is 9.19. The van der Waals surface area contributed by atoms with E-state index in [2.05, 4.69) is 5.32 Å². The Morgan fingerprint density at radius 2 is 1.81 bits per heavy atom. The molecule has 26 heavy (non-hydrogen) atoms. The first-order chi connectivity index (χ1) is 12.3. The third-order valence-electron chi connectivity index (χ3n) is 3.90. The Hall–Kier alpha value is -1.86. The van der Waals surface area contributed by atoms with Gasteiger partial charge in [-0.2, -0.15) is 0 Å². The summed E-state index contributed by atoms with van der Waals surface area (Å²) in [4.78, 5) is 12.4. The number of sulfone groups is 1. The van der Waals surface area contributed by atoms with Gasteiger partial charge < -0.3 is 5.32 Å². The smallest absolute Gasteiger partial charge is 0.230 e. The van der Waals surface area contributed by atoms with Crippen LogP contribution in [-0.2, 0) is 20.4 Å². The van der Waals surface area contributed by atoms with Crippen LogP contribution in [-0.4, -0.2) is 26.3 Å². The first-order valence-electron chi connectivity index (χ1n) is 8.21. The van der Waals surface area contributed by atoms with Crippen molar-refractivity contribution in [1.82, 2.24) is 5.32 Å². The quantitative estimate of drug-likeness (QED) is 0.740. The molecule has 1 atom stereocenters. The van der Waals surface area contributed by atoms with Gasteiger partial charge in [-0.15, -0.1) is 11.8 Å². The zero-order valence-electron chi connectivity index (χ0n) is 14.7. The van der Waals surface area contributed by atoms with E-state index in [4.69, 9.17) is 0 Å². The van der Waals surface area contributed by atoms with E-state index in [1.807, 2.05) is 6.92 Å². The summed E-state index contributed by atoms with van der Waals surface area (Å²) in [5.41, 5.74) is 1.43. The molecule has 0 heterocycles. The van der Waals surface area contributed by atoms with E-state index in [0.717, 1.165) is 11.8 Å². The van der Waals surface area contributed by atoms with Crippen molar-refractivity contribution in [2.75, 3.05) is 12.0 Å². The number of hydrogen-bond acceptors (Lipinski definition) is 4. The number of thioether (sulfide) groups is 1. The molecule has 0 fully saturated rings. The number of benzene rings is 2. The molecule has 0 aliphatic rings. The van der Waals surface area contributed by atoms with Gasteiger partial charge in [-0.1, -0.05) is 37.3 Å². The summed E-state index contributed by atoms with van der Waals surface area (Å²) in [6.07, 6.45) is 1.84. The predicted octanol–water partition coefficient (Wildman–Crippen LogP) is 3.73. The van der Waals surface area contributed by atoms with Crippen molar-refractivity contribution in [2.24, 2.45) is 0 Å². The molecular formula is C19H22FNO3S2. The average Bonchev–Trinajstić information content (AvgIpc) is 2.61. The van der Waals surface area contributed by atoms with Gasteiger partial charge >= 0.3 is 0 Å². The van der Waals surface area contributed by atoms with Gasteiger partial charge in [0.15, 0.2) is 9.84 Å². The molecule has 1 unspecified atom stereocenters. The number of rotatable bonds is 8. The Balaban J connectivity index is 1.90. The molecule has 0 spiro atoms. The molecule has 0 saturated carbocycles. The summed E-state index contributed by atoms with van der Waals surface area (Å²) in [7, 11) is -3.24. The van der Waals surface area contributed by atoms with Crippen LogP contribution in [0.25, 0.3) is 0 Å². The van der Waals surface area contributed by atoms with Crippen LogP contribution in [0.1, 0.15) is 30.5 Å². The van der Waals surface area contributed by atoms with Crippen LogP contribution in [0.3, 0.4) is 0 Å². The second-order valence-electron chi connectivity index (χ2n) is 5.95. The topological polar surface area (TPSA) is 63.2 Å². The van der Waals surface area contributed by atoms with Crippen LogP contribution in [0.2, 0.25) is 0 Å². The molecule has 0 radical (unpaired) electrons. The number of carbonyl (C=O) groups is 1. The highest BCUT2D eigenvalue weighted by Crippen LogP contribution is 2.20. The largest absolute Gasteiger partial charge is 0.349 e. The molecule has 0 saturated heterocycles. The van der Waals surface area contributed by atoms with Crippen LogP contribution < -0.4 is 5.32 Å². The third kappa shape index (κ3) is 5.85. The lowest BCUT2D eigenvalue weighted by Crippen LogP contribution is -2.29. The lowest BCUT2D eigenvalue weighted by molar-refractivity contribution is -0.119. The van der Waals surface area contributed by atoms with E-state index in [1.54, 1.807) is 42.5 Å². The molecule has 140 valence electrons.